The van der Waals surface area contributed by atoms with Gasteiger partial charge in [0.25, 0.3) is 0 Å². The molecule has 108 valence electrons. The lowest BCUT2D eigenvalue weighted by Gasteiger charge is -2.27. The lowest BCUT2D eigenvalue weighted by molar-refractivity contribution is 0.199. The first kappa shape index (κ1) is 16.1. The molecule has 2 N–H and O–H groups in total. The molecular formula is C16H26FNO. The summed E-state index contributed by atoms with van der Waals surface area (Å²) in [5.74, 6) is 0.0133. The van der Waals surface area contributed by atoms with Crippen molar-refractivity contribution in [3.63, 3.8) is 0 Å². The Balaban J connectivity index is 2.73. The summed E-state index contributed by atoms with van der Waals surface area (Å²) in [6, 6.07) is 7.17. The third-order valence-corrected chi connectivity index (χ3v) is 3.72. The van der Waals surface area contributed by atoms with E-state index in [-0.39, 0.29) is 30.4 Å². The number of aliphatic hydroxyl groups is 1. The summed E-state index contributed by atoms with van der Waals surface area (Å²) in [5.41, 5.74) is 1.12. The van der Waals surface area contributed by atoms with E-state index in [0.717, 1.165) is 24.8 Å². The highest BCUT2D eigenvalue weighted by molar-refractivity contribution is 5.20. The van der Waals surface area contributed by atoms with E-state index in [2.05, 4.69) is 19.2 Å². The number of halogens is 1. The van der Waals surface area contributed by atoms with Gasteiger partial charge in [-0.3, -0.25) is 0 Å². The Kier molecular flexibility index (Phi) is 7.03. The van der Waals surface area contributed by atoms with E-state index in [0.29, 0.717) is 0 Å². The molecule has 0 fully saturated rings. The minimum atomic E-state index is -0.199. The molecule has 0 aromatic heterocycles. The van der Waals surface area contributed by atoms with Crippen LogP contribution in [0.1, 0.15) is 51.6 Å². The molecule has 0 amide bonds. The summed E-state index contributed by atoms with van der Waals surface area (Å²) in [7, 11) is 0. The second-order valence-electron chi connectivity index (χ2n) is 5.36. The number of benzene rings is 1. The molecule has 1 aromatic rings. The molecule has 19 heavy (non-hydrogen) atoms. The molecule has 1 aromatic carbocycles. The molecular weight excluding hydrogens is 241 g/mol. The minimum absolute atomic E-state index is 0.179. The van der Waals surface area contributed by atoms with Gasteiger partial charge in [-0.15, -0.1) is 0 Å². The van der Waals surface area contributed by atoms with Crippen molar-refractivity contribution < 1.29 is 9.50 Å². The first-order valence-corrected chi connectivity index (χ1v) is 7.20. The molecule has 0 bridgehead atoms. The monoisotopic (exact) mass is 267 g/mol. The van der Waals surface area contributed by atoms with E-state index < -0.39 is 0 Å². The molecule has 0 aliphatic carbocycles. The maximum absolute atomic E-state index is 13.0. The molecule has 0 heterocycles. The zero-order valence-corrected chi connectivity index (χ0v) is 12.2. The van der Waals surface area contributed by atoms with Crippen LogP contribution >= 0.6 is 0 Å². The van der Waals surface area contributed by atoms with E-state index in [1.54, 1.807) is 0 Å². The van der Waals surface area contributed by atoms with Gasteiger partial charge in [0.1, 0.15) is 5.82 Å². The van der Waals surface area contributed by atoms with Gasteiger partial charge in [-0.25, -0.2) is 4.39 Å². The summed E-state index contributed by atoms with van der Waals surface area (Å²) >= 11 is 0. The van der Waals surface area contributed by atoms with E-state index in [1.165, 1.54) is 12.1 Å². The number of hydrogen-bond donors (Lipinski definition) is 2. The zero-order chi connectivity index (χ0) is 14.3. The zero-order valence-electron chi connectivity index (χ0n) is 12.2. The molecule has 0 aliphatic heterocycles. The van der Waals surface area contributed by atoms with Crippen LogP contribution in [-0.2, 0) is 0 Å². The highest BCUT2D eigenvalue weighted by Gasteiger charge is 2.17. The third kappa shape index (κ3) is 5.29. The average molecular weight is 267 g/mol. The highest BCUT2D eigenvalue weighted by Crippen LogP contribution is 2.21. The van der Waals surface area contributed by atoms with Gasteiger partial charge in [0, 0.05) is 18.7 Å². The Morgan fingerprint density at radius 3 is 2.37 bits per heavy atom. The topological polar surface area (TPSA) is 32.3 Å². The molecule has 1 rings (SSSR count). The van der Waals surface area contributed by atoms with E-state index in [1.807, 2.05) is 19.1 Å². The van der Waals surface area contributed by atoms with Crippen LogP contribution in [0.2, 0.25) is 0 Å². The fraction of sp³-hybridized carbons (Fsp3) is 0.625. The van der Waals surface area contributed by atoms with Crippen LogP contribution in [0.5, 0.6) is 0 Å². The lowest BCUT2D eigenvalue weighted by Crippen LogP contribution is -2.36. The van der Waals surface area contributed by atoms with E-state index >= 15 is 0 Å². The average Bonchev–Trinajstić information content (AvgIpc) is 2.43. The number of hydrogen-bond acceptors (Lipinski definition) is 2. The van der Waals surface area contributed by atoms with Gasteiger partial charge in [-0.1, -0.05) is 38.8 Å². The van der Waals surface area contributed by atoms with Crippen molar-refractivity contribution in [3.8, 4) is 0 Å². The quantitative estimate of drug-likeness (QED) is 0.753. The summed E-state index contributed by atoms with van der Waals surface area (Å²) < 4.78 is 13.0. The van der Waals surface area contributed by atoms with Crippen LogP contribution < -0.4 is 5.32 Å². The van der Waals surface area contributed by atoms with Crippen molar-refractivity contribution in [2.24, 2.45) is 5.92 Å². The second kappa shape index (κ2) is 8.28. The number of unbranched alkanes of at least 4 members (excludes halogenated alkanes) is 1. The van der Waals surface area contributed by atoms with Crippen molar-refractivity contribution >= 4 is 0 Å². The fourth-order valence-corrected chi connectivity index (χ4v) is 2.09. The summed E-state index contributed by atoms with van der Waals surface area (Å²) in [6.45, 7) is 6.46. The summed E-state index contributed by atoms with van der Waals surface area (Å²) in [5, 5.41) is 12.8. The van der Waals surface area contributed by atoms with Gasteiger partial charge >= 0.3 is 0 Å². The molecule has 0 radical (unpaired) electrons. The molecule has 0 aliphatic rings. The predicted octanol–water partition coefficient (Wildman–Crippen LogP) is 3.66. The second-order valence-corrected chi connectivity index (χ2v) is 5.36. The Bertz CT molecular complexity index is 352. The van der Waals surface area contributed by atoms with Crippen LogP contribution in [0.3, 0.4) is 0 Å². The van der Waals surface area contributed by atoms with Crippen LogP contribution in [0, 0.1) is 11.7 Å². The maximum atomic E-state index is 13.0. The maximum Gasteiger partial charge on any atom is 0.123 e. The summed E-state index contributed by atoms with van der Waals surface area (Å²) in [4.78, 5) is 0. The van der Waals surface area contributed by atoms with Gasteiger partial charge in [-0.05, 0) is 37.0 Å². The molecule has 2 nitrogen and oxygen atoms in total. The third-order valence-electron chi connectivity index (χ3n) is 3.72. The number of nitrogens with one attached hydrogen (secondary N) is 1. The van der Waals surface area contributed by atoms with Crippen LogP contribution in [0.15, 0.2) is 24.3 Å². The van der Waals surface area contributed by atoms with Crippen molar-refractivity contribution in [2.45, 2.75) is 52.1 Å². The molecule has 3 heteroatoms. The van der Waals surface area contributed by atoms with E-state index in [4.69, 9.17) is 0 Å². The van der Waals surface area contributed by atoms with E-state index in [9.17, 15) is 9.50 Å². The lowest BCUT2D eigenvalue weighted by atomic mass is 9.97. The van der Waals surface area contributed by atoms with Gasteiger partial charge in [0.05, 0.1) is 0 Å². The Morgan fingerprint density at radius 1 is 1.21 bits per heavy atom. The first-order valence-electron chi connectivity index (χ1n) is 7.20. The Labute approximate surface area is 116 Å². The Morgan fingerprint density at radius 2 is 1.84 bits per heavy atom. The van der Waals surface area contributed by atoms with Gasteiger partial charge in [0.2, 0.25) is 0 Å². The van der Waals surface area contributed by atoms with Crippen LogP contribution in [0.4, 0.5) is 4.39 Å². The number of rotatable bonds is 8. The molecule has 0 saturated heterocycles. The van der Waals surface area contributed by atoms with Crippen molar-refractivity contribution in [1.29, 1.82) is 0 Å². The van der Waals surface area contributed by atoms with Crippen LogP contribution in [0.25, 0.3) is 0 Å². The molecule has 3 atom stereocenters. The largest absolute Gasteiger partial charge is 0.396 e. The van der Waals surface area contributed by atoms with Gasteiger partial charge < -0.3 is 10.4 Å². The molecule has 0 saturated carbocycles. The van der Waals surface area contributed by atoms with Gasteiger partial charge in [-0.2, -0.15) is 0 Å². The fourth-order valence-electron chi connectivity index (χ4n) is 2.09. The van der Waals surface area contributed by atoms with Gasteiger partial charge in [0.15, 0.2) is 0 Å². The predicted molar refractivity (Wildman–Crippen MR) is 77.5 cm³/mol. The minimum Gasteiger partial charge on any atom is -0.396 e. The van der Waals surface area contributed by atoms with Crippen molar-refractivity contribution in [2.75, 3.05) is 6.61 Å². The molecule has 3 unspecified atom stereocenters. The summed E-state index contributed by atoms with van der Waals surface area (Å²) in [6.07, 6.45) is 3.31. The van der Waals surface area contributed by atoms with Crippen molar-refractivity contribution in [1.82, 2.24) is 5.32 Å². The Hall–Kier alpha value is -0.930. The molecule has 0 spiro atoms. The number of aliphatic hydroxyl groups excluding tert-OH is 1. The standard InChI is InChI=1S/C16H26FNO/c1-4-5-6-16(18-13(3)12(2)11-19)14-7-9-15(17)10-8-14/h7-10,12-13,16,18-19H,4-6,11H2,1-3H3. The smallest absolute Gasteiger partial charge is 0.123 e. The van der Waals surface area contributed by atoms with Crippen LogP contribution in [-0.4, -0.2) is 17.8 Å². The first-order chi connectivity index (χ1) is 9.08. The van der Waals surface area contributed by atoms with Crippen molar-refractivity contribution in [3.05, 3.63) is 35.6 Å². The normalized spacial score (nSPS) is 16.1. The highest BCUT2D eigenvalue weighted by atomic mass is 19.1. The SMILES string of the molecule is CCCCC(NC(C)C(C)CO)c1ccc(F)cc1.